The highest BCUT2D eigenvalue weighted by atomic mass is 32.1. The molecule has 4 rings (SSSR count). The van der Waals surface area contributed by atoms with E-state index in [1.54, 1.807) is 24.3 Å². The first-order valence-electron chi connectivity index (χ1n) is 8.22. The minimum Gasteiger partial charge on any atom is -0.503 e. The van der Waals surface area contributed by atoms with Gasteiger partial charge < -0.3 is 5.11 Å². The summed E-state index contributed by atoms with van der Waals surface area (Å²) in [5, 5.41) is 20.1. The van der Waals surface area contributed by atoms with Crippen molar-refractivity contribution in [1.82, 2.24) is 4.98 Å². The van der Waals surface area contributed by atoms with Crippen LogP contribution in [-0.2, 0) is 9.59 Å². The number of carbonyl (C=O) groups is 2. The Hall–Kier alpha value is -3.07. The maximum absolute atomic E-state index is 12.8. The molecule has 27 heavy (non-hydrogen) atoms. The van der Waals surface area contributed by atoms with Crippen LogP contribution in [0.3, 0.4) is 0 Å². The van der Waals surface area contributed by atoms with Crippen LogP contribution < -0.4 is 10.4 Å². The van der Waals surface area contributed by atoms with Gasteiger partial charge in [0.15, 0.2) is 22.4 Å². The van der Waals surface area contributed by atoms with Gasteiger partial charge in [-0.1, -0.05) is 35.6 Å². The molecule has 1 amide bonds. The third-order valence-electron chi connectivity index (χ3n) is 4.45. The van der Waals surface area contributed by atoms with E-state index in [1.807, 2.05) is 24.3 Å². The standard InChI is InChI=1S/C19H15N3O4S/c1-10(23)15-16(11-5-4-6-12(9-11)21-26)22(18(25)17(15)24)19-20-13-7-2-3-8-14(13)27-19/h2-9,16,21,24,26H,1H3/p+1. The van der Waals surface area contributed by atoms with E-state index in [1.165, 1.54) is 23.2 Å². The van der Waals surface area contributed by atoms with Crippen LogP contribution in [0.5, 0.6) is 0 Å². The van der Waals surface area contributed by atoms with Crippen LogP contribution in [0.4, 0.5) is 10.8 Å². The number of nitrogens with two attached hydrogens (primary N) is 1. The van der Waals surface area contributed by atoms with Crippen molar-refractivity contribution in [2.24, 2.45) is 0 Å². The maximum atomic E-state index is 12.8. The van der Waals surface area contributed by atoms with Crippen LogP contribution in [0.15, 0.2) is 59.9 Å². The Balaban J connectivity index is 1.90. The largest absolute Gasteiger partial charge is 0.503 e. The number of nitrogens with zero attached hydrogens (tertiary/aromatic N) is 2. The lowest BCUT2D eigenvalue weighted by molar-refractivity contribution is -0.825. The number of thiazole rings is 1. The molecule has 3 aromatic rings. The molecular formula is C19H16N3O4S+. The van der Waals surface area contributed by atoms with Gasteiger partial charge in [-0.2, -0.15) is 5.48 Å². The average molecular weight is 382 g/mol. The molecule has 0 saturated carbocycles. The van der Waals surface area contributed by atoms with E-state index in [0.717, 1.165) is 15.7 Å². The summed E-state index contributed by atoms with van der Waals surface area (Å²) in [5.74, 6) is -1.62. The second kappa shape index (κ2) is 6.58. The third-order valence-corrected chi connectivity index (χ3v) is 5.49. The van der Waals surface area contributed by atoms with Crippen LogP contribution in [0, 0.1) is 0 Å². The van der Waals surface area contributed by atoms with E-state index in [2.05, 4.69) is 4.98 Å². The Morgan fingerprint density at radius 1 is 1.22 bits per heavy atom. The van der Waals surface area contributed by atoms with Gasteiger partial charge in [0.25, 0.3) is 5.91 Å². The van der Waals surface area contributed by atoms with E-state index in [4.69, 9.17) is 0 Å². The number of aliphatic hydroxyl groups is 1. The molecule has 0 bridgehead atoms. The number of aliphatic hydroxyl groups excluding tert-OH is 1. The molecular weight excluding hydrogens is 366 g/mol. The zero-order valence-corrected chi connectivity index (χ0v) is 15.1. The molecule has 1 aliphatic rings. The highest BCUT2D eigenvalue weighted by Gasteiger charge is 2.44. The topological polar surface area (TPSA) is 107 Å². The number of para-hydroxylation sites is 1. The molecule has 7 nitrogen and oxygen atoms in total. The first kappa shape index (κ1) is 17.3. The second-order valence-corrected chi connectivity index (χ2v) is 7.17. The molecule has 136 valence electrons. The summed E-state index contributed by atoms with van der Waals surface area (Å²) in [7, 11) is 0. The summed E-state index contributed by atoms with van der Waals surface area (Å²) in [5.41, 5.74) is 2.82. The number of Topliss-reactive ketones (excluding diaryl/α,β-unsaturated/α-hetero) is 1. The SMILES string of the molecule is CC(=O)C1=C(O)C(=O)N(c2nc3ccccc3s2)C1c1cccc([NH2+]O)c1. The van der Waals surface area contributed by atoms with Crippen molar-refractivity contribution in [3.05, 3.63) is 65.4 Å². The average Bonchev–Trinajstić information content (AvgIpc) is 3.20. The first-order valence-corrected chi connectivity index (χ1v) is 9.03. The molecule has 1 aromatic heterocycles. The number of aromatic nitrogens is 1. The molecule has 0 radical (unpaired) electrons. The van der Waals surface area contributed by atoms with Crippen molar-refractivity contribution >= 4 is 44.1 Å². The maximum Gasteiger partial charge on any atom is 0.296 e. The molecule has 1 atom stereocenters. The van der Waals surface area contributed by atoms with Crippen LogP contribution in [0.1, 0.15) is 18.5 Å². The zero-order valence-electron chi connectivity index (χ0n) is 14.3. The van der Waals surface area contributed by atoms with Crippen molar-refractivity contribution < 1.29 is 25.4 Å². The van der Waals surface area contributed by atoms with Gasteiger partial charge in [-0.05, 0) is 24.6 Å². The molecule has 2 aromatic carbocycles. The van der Waals surface area contributed by atoms with Crippen molar-refractivity contribution in [3.8, 4) is 0 Å². The number of quaternary nitrogens is 1. The fourth-order valence-corrected chi connectivity index (χ4v) is 4.24. The van der Waals surface area contributed by atoms with E-state index in [-0.39, 0.29) is 5.57 Å². The number of benzene rings is 2. The lowest BCUT2D eigenvalue weighted by atomic mass is 9.96. The Bertz CT molecular complexity index is 1070. The number of fused-ring (bicyclic) bond motifs is 1. The van der Waals surface area contributed by atoms with Crippen molar-refractivity contribution in [2.75, 3.05) is 4.90 Å². The van der Waals surface area contributed by atoms with Gasteiger partial charge in [0.1, 0.15) is 0 Å². The Kier molecular flexibility index (Phi) is 4.23. The van der Waals surface area contributed by atoms with Gasteiger partial charge in [-0.15, -0.1) is 0 Å². The van der Waals surface area contributed by atoms with Gasteiger partial charge in [-0.25, -0.2) is 10.2 Å². The second-order valence-electron chi connectivity index (χ2n) is 6.16. The normalized spacial score (nSPS) is 17.2. The molecule has 0 aliphatic carbocycles. The summed E-state index contributed by atoms with van der Waals surface area (Å²) < 4.78 is 0.896. The molecule has 8 heteroatoms. The van der Waals surface area contributed by atoms with Crippen LogP contribution in [0.25, 0.3) is 10.2 Å². The lowest BCUT2D eigenvalue weighted by Crippen LogP contribution is -2.73. The van der Waals surface area contributed by atoms with Gasteiger partial charge >= 0.3 is 0 Å². The third kappa shape index (κ3) is 2.80. The van der Waals surface area contributed by atoms with E-state index >= 15 is 0 Å². The molecule has 1 unspecified atom stereocenters. The highest BCUT2D eigenvalue weighted by Crippen LogP contribution is 2.43. The van der Waals surface area contributed by atoms with E-state index < -0.39 is 23.5 Å². The summed E-state index contributed by atoms with van der Waals surface area (Å²) in [6.45, 7) is 1.32. The molecule has 1 aliphatic heterocycles. The fraction of sp³-hybridized carbons (Fsp3) is 0.105. The van der Waals surface area contributed by atoms with Crippen molar-refractivity contribution in [3.63, 3.8) is 0 Å². The number of anilines is 1. The summed E-state index contributed by atoms with van der Waals surface area (Å²) in [6, 6.07) is 13.5. The number of hydrogen-bond acceptors (Lipinski definition) is 6. The smallest absolute Gasteiger partial charge is 0.296 e. The first-order chi connectivity index (χ1) is 13.0. The van der Waals surface area contributed by atoms with Crippen LogP contribution in [0.2, 0.25) is 0 Å². The number of ketones is 1. The van der Waals surface area contributed by atoms with Gasteiger partial charge in [0.2, 0.25) is 0 Å². The number of carbonyl (C=O) groups excluding carboxylic acids is 2. The quantitative estimate of drug-likeness (QED) is 0.474. The minimum atomic E-state index is -0.810. The number of amides is 1. The molecule has 0 fully saturated rings. The van der Waals surface area contributed by atoms with E-state index in [0.29, 0.717) is 16.4 Å². The van der Waals surface area contributed by atoms with E-state index in [9.17, 15) is 19.9 Å². The highest BCUT2D eigenvalue weighted by molar-refractivity contribution is 7.22. The summed E-state index contributed by atoms with van der Waals surface area (Å²) >= 11 is 1.31. The Morgan fingerprint density at radius 3 is 2.70 bits per heavy atom. The summed E-state index contributed by atoms with van der Waals surface area (Å²) in [4.78, 5) is 30.9. The van der Waals surface area contributed by atoms with Gasteiger partial charge in [0, 0.05) is 12.1 Å². The van der Waals surface area contributed by atoms with Gasteiger partial charge in [-0.3, -0.25) is 14.5 Å². The van der Waals surface area contributed by atoms with Crippen LogP contribution >= 0.6 is 11.3 Å². The molecule has 2 heterocycles. The number of hydrogen-bond donors (Lipinski definition) is 3. The van der Waals surface area contributed by atoms with Gasteiger partial charge in [0.05, 0.1) is 21.8 Å². The Labute approximate surface area is 158 Å². The monoisotopic (exact) mass is 382 g/mol. The fourth-order valence-electron chi connectivity index (χ4n) is 3.25. The van der Waals surface area contributed by atoms with Crippen molar-refractivity contribution in [2.45, 2.75) is 13.0 Å². The number of rotatable bonds is 4. The molecule has 4 N–H and O–H groups in total. The minimum absolute atomic E-state index is 0.0225. The predicted molar refractivity (Wildman–Crippen MR) is 100.0 cm³/mol. The van der Waals surface area contributed by atoms with Crippen LogP contribution in [-0.4, -0.2) is 27.0 Å². The molecule has 0 spiro atoms. The predicted octanol–water partition coefficient (Wildman–Crippen LogP) is 2.37. The van der Waals surface area contributed by atoms with Crippen molar-refractivity contribution in [1.29, 1.82) is 0 Å². The summed E-state index contributed by atoms with van der Waals surface area (Å²) in [6.07, 6.45) is 0. The molecule has 0 saturated heterocycles. The lowest BCUT2D eigenvalue weighted by Gasteiger charge is -2.24. The Morgan fingerprint density at radius 2 is 2.00 bits per heavy atom. The zero-order chi connectivity index (χ0) is 19.1.